The molecule has 28 heavy (non-hydrogen) atoms. The average Bonchev–Trinajstić information content (AvgIpc) is 3.35. The zero-order valence-electron chi connectivity index (χ0n) is 15.0. The van der Waals surface area contributed by atoms with Gasteiger partial charge in [0.1, 0.15) is 0 Å². The maximum Gasteiger partial charge on any atom is 0.243 e. The molecule has 1 aromatic carbocycles. The van der Waals surface area contributed by atoms with E-state index in [4.69, 9.17) is 0 Å². The Balaban J connectivity index is 1.49. The van der Waals surface area contributed by atoms with Crippen LogP contribution < -0.4 is 10.6 Å². The van der Waals surface area contributed by atoms with E-state index in [-0.39, 0.29) is 24.1 Å². The van der Waals surface area contributed by atoms with Crippen molar-refractivity contribution in [2.24, 2.45) is 0 Å². The van der Waals surface area contributed by atoms with Crippen LogP contribution in [-0.2, 0) is 16.1 Å². The van der Waals surface area contributed by atoms with Crippen LogP contribution in [-0.4, -0.2) is 38.9 Å². The van der Waals surface area contributed by atoms with Gasteiger partial charge in [-0.05, 0) is 46.4 Å². The fraction of sp³-hybridized carbons (Fsp3) is 0.222. The molecule has 2 heterocycles. The molecule has 0 saturated heterocycles. The highest BCUT2D eigenvalue weighted by Crippen LogP contribution is 2.27. The second kappa shape index (κ2) is 9.85. The number of benzene rings is 1. The molecule has 0 aliphatic heterocycles. The summed E-state index contributed by atoms with van der Waals surface area (Å²) in [5.74, 6) is 0.427. The van der Waals surface area contributed by atoms with Crippen LogP contribution in [0.1, 0.15) is 6.92 Å². The number of hydrogen-bond donors (Lipinski definition) is 2. The summed E-state index contributed by atoms with van der Waals surface area (Å²) in [4.78, 5) is 25.1. The third kappa shape index (κ3) is 5.21. The van der Waals surface area contributed by atoms with Gasteiger partial charge in [-0.3, -0.25) is 9.59 Å². The van der Waals surface area contributed by atoms with Gasteiger partial charge in [0, 0.05) is 11.0 Å². The van der Waals surface area contributed by atoms with Crippen molar-refractivity contribution in [3.8, 4) is 10.7 Å². The van der Waals surface area contributed by atoms with Crippen molar-refractivity contribution in [2.75, 3.05) is 17.6 Å². The smallest absolute Gasteiger partial charge is 0.243 e. The van der Waals surface area contributed by atoms with E-state index in [9.17, 15) is 9.59 Å². The number of thiophene rings is 1. The van der Waals surface area contributed by atoms with E-state index in [1.54, 1.807) is 17.4 Å². The molecular weight excluding hydrogens is 462 g/mol. The SMILES string of the molecule is CCn1c(SCC(=O)NCC(=O)Nc2ccccc2Br)nnc1-c1cccs1. The molecule has 0 bridgehead atoms. The van der Waals surface area contributed by atoms with Crippen molar-refractivity contribution >= 4 is 56.5 Å². The lowest BCUT2D eigenvalue weighted by Crippen LogP contribution is -2.34. The molecule has 0 atom stereocenters. The fourth-order valence-electron chi connectivity index (χ4n) is 2.39. The van der Waals surface area contributed by atoms with Gasteiger partial charge < -0.3 is 15.2 Å². The topological polar surface area (TPSA) is 88.9 Å². The monoisotopic (exact) mass is 479 g/mol. The number of aromatic nitrogens is 3. The normalized spacial score (nSPS) is 10.6. The fourth-order valence-corrected chi connectivity index (χ4v) is 4.32. The van der Waals surface area contributed by atoms with Crippen LogP contribution >= 0.6 is 39.0 Å². The molecule has 0 aliphatic carbocycles. The molecule has 0 saturated carbocycles. The first-order valence-electron chi connectivity index (χ1n) is 8.49. The lowest BCUT2D eigenvalue weighted by molar-refractivity contribution is -0.122. The van der Waals surface area contributed by atoms with Gasteiger partial charge in [-0.1, -0.05) is 30.0 Å². The molecule has 146 valence electrons. The van der Waals surface area contributed by atoms with Crippen molar-refractivity contribution in [3.63, 3.8) is 0 Å². The Labute approximate surface area is 179 Å². The Hall–Kier alpha value is -2.17. The maximum atomic E-state index is 12.1. The molecule has 7 nitrogen and oxygen atoms in total. The quantitative estimate of drug-likeness (QED) is 0.481. The number of hydrogen-bond acceptors (Lipinski definition) is 6. The van der Waals surface area contributed by atoms with Crippen LogP contribution in [0, 0.1) is 0 Å². The maximum absolute atomic E-state index is 12.1. The molecule has 10 heteroatoms. The highest BCUT2D eigenvalue weighted by atomic mass is 79.9. The van der Waals surface area contributed by atoms with Gasteiger partial charge in [0.25, 0.3) is 0 Å². The zero-order chi connectivity index (χ0) is 19.9. The first kappa shape index (κ1) is 20.6. The largest absolute Gasteiger partial charge is 0.346 e. The van der Waals surface area contributed by atoms with Gasteiger partial charge in [0.05, 0.1) is 22.9 Å². The molecule has 0 radical (unpaired) electrons. The summed E-state index contributed by atoms with van der Waals surface area (Å²) in [6.45, 7) is 2.62. The van der Waals surface area contributed by atoms with Crippen LogP contribution in [0.5, 0.6) is 0 Å². The van der Waals surface area contributed by atoms with Crippen LogP contribution in [0.2, 0.25) is 0 Å². The first-order chi connectivity index (χ1) is 13.6. The van der Waals surface area contributed by atoms with Gasteiger partial charge in [-0.15, -0.1) is 21.5 Å². The Bertz CT molecular complexity index is 959. The Morgan fingerprint density at radius 2 is 2.00 bits per heavy atom. The summed E-state index contributed by atoms with van der Waals surface area (Å²) in [5, 5.41) is 16.5. The van der Waals surface area contributed by atoms with E-state index < -0.39 is 0 Å². The van der Waals surface area contributed by atoms with Gasteiger partial charge in [-0.2, -0.15) is 0 Å². The van der Waals surface area contributed by atoms with E-state index in [1.165, 1.54) is 11.8 Å². The number of nitrogens with one attached hydrogen (secondary N) is 2. The van der Waals surface area contributed by atoms with Crippen molar-refractivity contribution < 1.29 is 9.59 Å². The number of thioether (sulfide) groups is 1. The molecule has 2 amide bonds. The van der Waals surface area contributed by atoms with Crippen LogP contribution in [0.4, 0.5) is 5.69 Å². The van der Waals surface area contributed by atoms with Crippen molar-refractivity contribution in [3.05, 3.63) is 46.3 Å². The predicted molar refractivity (Wildman–Crippen MR) is 116 cm³/mol. The second-order valence-corrected chi connectivity index (χ2v) is 8.37. The van der Waals surface area contributed by atoms with Crippen LogP contribution in [0.15, 0.2) is 51.4 Å². The number of rotatable bonds is 8. The number of carbonyl (C=O) groups excluding carboxylic acids is 2. The molecule has 3 aromatic rings. The molecule has 0 fully saturated rings. The predicted octanol–water partition coefficient (Wildman–Crippen LogP) is 3.64. The third-order valence-electron chi connectivity index (χ3n) is 3.70. The molecule has 0 spiro atoms. The van der Waals surface area contributed by atoms with Crippen molar-refractivity contribution in [2.45, 2.75) is 18.6 Å². The molecule has 3 rings (SSSR count). The van der Waals surface area contributed by atoms with Crippen LogP contribution in [0.3, 0.4) is 0 Å². The zero-order valence-corrected chi connectivity index (χ0v) is 18.2. The average molecular weight is 480 g/mol. The number of anilines is 1. The molecule has 2 aromatic heterocycles. The Morgan fingerprint density at radius 3 is 2.71 bits per heavy atom. The highest BCUT2D eigenvalue weighted by Gasteiger charge is 2.15. The third-order valence-corrected chi connectivity index (χ3v) is 6.23. The number of amides is 2. The standard InChI is InChI=1S/C18H18BrN5O2S2/c1-2-24-17(14-8-5-9-27-14)22-23-18(24)28-11-16(26)20-10-15(25)21-13-7-4-3-6-12(13)19/h3-9H,2,10-11H2,1H3,(H,20,26)(H,21,25). The van der Waals surface area contributed by atoms with E-state index in [0.717, 1.165) is 15.2 Å². The van der Waals surface area contributed by atoms with Gasteiger partial charge in [0.2, 0.25) is 11.8 Å². The lowest BCUT2D eigenvalue weighted by Gasteiger charge is -2.09. The molecular formula is C18H18BrN5O2S2. The summed E-state index contributed by atoms with van der Waals surface area (Å²) in [5.41, 5.74) is 0.660. The summed E-state index contributed by atoms with van der Waals surface area (Å²) in [6, 6.07) is 11.3. The van der Waals surface area contributed by atoms with Gasteiger partial charge >= 0.3 is 0 Å². The van der Waals surface area contributed by atoms with E-state index in [0.29, 0.717) is 17.4 Å². The van der Waals surface area contributed by atoms with Gasteiger partial charge in [-0.25, -0.2) is 0 Å². The van der Waals surface area contributed by atoms with E-state index >= 15 is 0 Å². The number of halogens is 1. The van der Waals surface area contributed by atoms with Crippen molar-refractivity contribution in [1.29, 1.82) is 0 Å². The highest BCUT2D eigenvalue weighted by molar-refractivity contribution is 9.10. The minimum absolute atomic E-state index is 0.0956. The van der Waals surface area contributed by atoms with E-state index in [2.05, 4.69) is 36.8 Å². The number of carbonyl (C=O) groups is 2. The minimum Gasteiger partial charge on any atom is -0.346 e. The summed E-state index contributed by atoms with van der Waals surface area (Å²) < 4.78 is 2.76. The number of para-hydroxylation sites is 1. The Morgan fingerprint density at radius 1 is 1.18 bits per heavy atom. The number of nitrogens with zero attached hydrogens (tertiary/aromatic N) is 3. The summed E-state index contributed by atoms with van der Waals surface area (Å²) in [6.07, 6.45) is 0. The lowest BCUT2D eigenvalue weighted by atomic mass is 10.3. The second-order valence-electron chi connectivity index (χ2n) is 5.62. The molecule has 0 unspecified atom stereocenters. The summed E-state index contributed by atoms with van der Waals surface area (Å²) in [7, 11) is 0. The molecule has 0 aliphatic rings. The Kier molecular flexibility index (Phi) is 7.24. The van der Waals surface area contributed by atoms with Crippen molar-refractivity contribution in [1.82, 2.24) is 20.1 Å². The minimum atomic E-state index is -0.290. The molecule has 2 N–H and O–H groups in total. The van der Waals surface area contributed by atoms with Gasteiger partial charge in [0.15, 0.2) is 11.0 Å². The first-order valence-corrected chi connectivity index (χ1v) is 11.1. The summed E-state index contributed by atoms with van der Waals surface area (Å²) >= 11 is 6.26. The van der Waals surface area contributed by atoms with E-state index in [1.807, 2.05) is 47.2 Å². The van der Waals surface area contributed by atoms with Crippen LogP contribution in [0.25, 0.3) is 10.7 Å².